The molecular weight excluding hydrogens is 456 g/mol. The molecule has 0 radical (unpaired) electrons. The summed E-state index contributed by atoms with van der Waals surface area (Å²) in [5.41, 5.74) is 0.565. The van der Waals surface area contributed by atoms with E-state index in [2.05, 4.69) is 43.0 Å². The van der Waals surface area contributed by atoms with E-state index in [1.165, 1.54) is 7.11 Å². The van der Waals surface area contributed by atoms with Crippen molar-refractivity contribution in [3.8, 4) is 17.2 Å². The molecule has 0 amide bonds. The number of rotatable bonds is 7. The monoisotopic (exact) mass is 500 g/mol. The number of fused-ring (bicyclic) bond motifs is 1. The van der Waals surface area contributed by atoms with E-state index in [1.54, 1.807) is 12.1 Å². The highest BCUT2D eigenvalue weighted by molar-refractivity contribution is 6.00. The Bertz CT molecular complexity index is 1050. The number of aromatic nitrogens is 1. The van der Waals surface area contributed by atoms with Crippen LogP contribution in [0.25, 0.3) is 10.8 Å². The van der Waals surface area contributed by atoms with E-state index in [-0.39, 0.29) is 18.9 Å². The van der Waals surface area contributed by atoms with Gasteiger partial charge in [0.2, 0.25) is 0 Å². The first kappa shape index (κ1) is 32.8. The molecule has 200 valence electrons. The van der Waals surface area contributed by atoms with Gasteiger partial charge in [0.15, 0.2) is 11.4 Å². The Balaban J connectivity index is 0.00000106. The van der Waals surface area contributed by atoms with Crippen molar-refractivity contribution in [2.75, 3.05) is 56.1 Å². The van der Waals surface area contributed by atoms with Crippen LogP contribution >= 0.6 is 0 Å². The Morgan fingerprint density at radius 1 is 0.861 bits per heavy atom. The zero-order valence-electron chi connectivity index (χ0n) is 22.5. The van der Waals surface area contributed by atoms with Crippen LogP contribution in [-0.4, -0.2) is 86.8 Å². The Hall–Kier alpha value is -3.20. The van der Waals surface area contributed by atoms with Crippen LogP contribution in [0.2, 0.25) is 0 Å². The van der Waals surface area contributed by atoms with Gasteiger partial charge in [0.25, 0.3) is 0 Å². The summed E-state index contributed by atoms with van der Waals surface area (Å²) in [6.45, 7) is 5.52. The van der Waals surface area contributed by atoms with Crippen molar-refractivity contribution < 1.29 is 19.4 Å². The highest BCUT2D eigenvalue weighted by Crippen LogP contribution is 2.34. The predicted octanol–water partition coefficient (Wildman–Crippen LogP) is 5.31. The van der Waals surface area contributed by atoms with Gasteiger partial charge in [-0.05, 0) is 72.6 Å². The fourth-order valence-corrected chi connectivity index (χ4v) is 3.26. The molecule has 0 fully saturated rings. The van der Waals surface area contributed by atoms with Gasteiger partial charge in [0.1, 0.15) is 11.5 Å². The normalized spacial score (nSPS) is 10.2. The lowest BCUT2D eigenvalue weighted by atomic mass is 10.1. The maximum Gasteiger partial charge on any atom is 0.360 e. The smallest absolute Gasteiger partial charge is 0.360 e. The van der Waals surface area contributed by atoms with E-state index in [1.807, 2.05) is 69.2 Å². The number of pyridine rings is 1. The summed E-state index contributed by atoms with van der Waals surface area (Å²) in [7, 11) is 13.3. The zero-order valence-corrected chi connectivity index (χ0v) is 22.5. The topological polar surface area (TPSA) is 78.4 Å². The van der Waals surface area contributed by atoms with Gasteiger partial charge in [0, 0.05) is 24.0 Å². The molecule has 2 aromatic carbocycles. The van der Waals surface area contributed by atoms with Gasteiger partial charge in [-0.2, -0.15) is 0 Å². The largest absolute Gasteiger partial charge is 0.505 e. The number of carbonyl (C=O) groups is 1. The van der Waals surface area contributed by atoms with Crippen LogP contribution in [-0.2, 0) is 11.3 Å². The van der Waals surface area contributed by atoms with Crippen molar-refractivity contribution in [2.24, 2.45) is 0 Å². The van der Waals surface area contributed by atoms with Crippen molar-refractivity contribution in [1.29, 1.82) is 0 Å². The molecule has 3 aromatic rings. The van der Waals surface area contributed by atoms with Gasteiger partial charge < -0.3 is 19.5 Å². The van der Waals surface area contributed by atoms with Crippen molar-refractivity contribution in [3.05, 3.63) is 59.9 Å². The van der Waals surface area contributed by atoms with E-state index in [4.69, 9.17) is 9.47 Å². The quantitative estimate of drug-likeness (QED) is 0.345. The summed E-state index contributed by atoms with van der Waals surface area (Å²) >= 11 is 0. The number of aromatic hydroxyl groups is 1. The van der Waals surface area contributed by atoms with Crippen LogP contribution in [0, 0.1) is 0 Å². The zero-order chi connectivity index (χ0) is 26.5. The molecule has 0 atom stereocenters. The molecule has 0 unspecified atom stereocenters. The summed E-state index contributed by atoms with van der Waals surface area (Å²) in [6, 6.07) is 14.7. The minimum atomic E-state index is -0.672. The third-order valence-electron chi connectivity index (χ3n) is 4.42. The third-order valence-corrected chi connectivity index (χ3v) is 4.42. The van der Waals surface area contributed by atoms with E-state index in [0.717, 1.165) is 12.1 Å². The Morgan fingerprint density at radius 2 is 1.44 bits per heavy atom. The van der Waals surface area contributed by atoms with Gasteiger partial charge in [0.05, 0.1) is 12.8 Å². The lowest BCUT2D eigenvalue weighted by molar-refractivity contribution is 0.0590. The molecule has 1 N–H and O–H groups in total. The summed E-state index contributed by atoms with van der Waals surface area (Å²) in [5.74, 6) is 0.467. The Morgan fingerprint density at radius 3 is 1.92 bits per heavy atom. The average Bonchev–Trinajstić information content (AvgIpc) is 2.81. The molecular formula is C28H44N4O4. The van der Waals surface area contributed by atoms with E-state index in [0.29, 0.717) is 29.1 Å². The minimum Gasteiger partial charge on any atom is -0.505 e. The second-order valence-electron chi connectivity index (χ2n) is 8.41. The van der Waals surface area contributed by atoms with Crippen molar-refractivity contribution in [1.82, 2.24) is 19.7 Å². The number of benzene rings is 2. The second-order valence-corrected chi connectivity index (χ2v) is 8.41. The van der Waals surface area contributed by atoms with Crippen molar-refractivity contribution in [2.45, 2.75) is 27.8 Å². The van der Waals surface area contributed by atoms with Gasteiger partial charge in [-0.25, -0.2) is 9.78 Å². The average molecular weight is 501 g/mol. The first-order chi connectivity index (χ1) is 16.6. The van der Waals surface area contributed by atoms with Gasteiger partial charge in [-0.3, -0.25) is 9.80 Å². The number of para-hydroxylation sites is 1. The van der Waals surface area contributed by atoms with Crippen LogP contribution in [0.3, 0.4) is 0 Å². The number of hydrogen-bond acceptors (Lipinski definition) is 8. The Labute approximate surface area is 217 Å². The number of ether oxygens (including phenoxy) is 2. The van der Waals surface area contributed by atoms with Gasteiger partial charge in [-0.15, -0.1) is 0 Å². The molecule has 0 spiro atoms. The Kier molecular flexibility index (Phi) is 15.0. The molecule has 8 heteroatoms. The molecule has 0 saturated carbocycles. The van der Waals surface area contributed by atoms with Crippen LogP contribution < -0.4 is 4.74 Å². The summed E-state index contributed by atoms with van der Waals surface area (Å²) in [5, 5.41) is 11.7. The molecule has 36 heavy (non-hydrogen) atoms. The molecule has 0 aliphatic heterocycles. The molecule has 0 saturated heterocycles. The van der Waals surface area contributed by atoms with Crippen LogP contribution in [0.1, 0.15) is 37.5 Å². The number of methoxy groups -OCH3 is 1. The molecule has 1 aromatic heterocycles. The number of carbonyl (C=O) groups excluding carboxylic acids is 1. The fourth-order valence-electron chi connectivity index (χ4n) is 3.26. The van der Waals surface area contributed by atoms with Crippen LogP contribution in [0.5, 0.6) is 17.2 Å². The molecule has 0 aliphatic rings. The van der Waals surface area contributed by atoms with Gasteiger partial charge in [-0.1, -0.05) is 39.5 Å². The van der Waals surface area contributed by atoms with Crippen molar-refractivity contribution in [3.63, 3.8) is 0 Å². The number of hydrogen-bond donors (Lipinski definition) is 1. The fraction of sp³-hybridized carbons (Fsp3) is 0.429. The minimum absolute atomic E-state index is 0. The highest BCUT2D eigenvalue weighted by Gasteiger charge is 2.20. The summed E-state index contributed by atoms with van der Waals surface area (Å²) in [4.78, 5) is 22.5. The first-order valence-corrected chi connectivity index (χ1v) is 11.5. The molecule has 0 aliphatic carbocycles. The first-order valence-electron chi connectivity index (χ1n) is 11.5. The van der Waals surface area contributed by atoms with Crippen LogP contribution in [0.4, 0.5) is 0 Å². The maximum absolute atomic E-state index is 11.9. The molecule has 0 bridgehead atoms. The standard InChI is InChI=1S/C20H20N2O4.C5H14N2.C2H6.CH4/c1-22(2)12-17-16-11-14(26-13-7-5-4-6-8-13)9-10-15(16)19(23)18(21-17)20(24)25-3;1-6(2)5-7(3)4;1-2;/h4-11,23H,12H2,1-3H3;5H2,1-4H3;1-2H3;1H4. The number of nitrogens with zero attached hydrogens (tertiary/aromatic N) is 4. The molecule has 3 rings (SSSR count). The molecule has 1 heterocycles. The van der Waals surface area contributed by atoms with E-state index >= 15 is 0 Å². The highest BCUT2D eigenvalue weighted by atomic mass is 16.5. The maximum atomic E-state index is 11.9. The lowest BCUT2D eigenvalue weighted by Gasteiger charge is -2.15. The lowest BCUT2D eigenvalue weighted by Crippen LogP contribution is -2.26. The van der Waals surface area contributed by atoms with Crippen molar-refractivity contribution >= 4 is 16.7 Å². The van der Waals surface area contributed by atoms with E-state index < -0.39 is 5.97 Å². The summed E-state index contributed by atoms with van der Waals surface area (Å²) in [6.07, 6.45) is 0. The molecule has 8 nitrogen and oxygen atoms in total. The number of esters is 1. The predicted molar refractivity (Wildman–Crippen MR) is 149 cm³/mol. The summed E-state index contributed by atoms with van der Waals surface area (Å²) < 4.78 is 10.6. The second kappa shape index (κ2) is 16.5. The SMILES string of the molecule is C.CC.CN(C)CN(C)C.COC(=O)c1nc(CN(C)C)c2cc(Oc3ccccc3)ccc2c1O. The van der Waals surface area contributed by atoms with Gasteiger partial charge >= 0.3 is 5.97 Å². The van der Waals surface area contributed by atoms with E-state index in [9.17, 15) is 9.90 Å². The third kappa shape index (κ3) is 10.2. The van der Waals surface area contributed by atoms with Crippen LogP contribution in [0.15, 0.2) is 48.5 Å².